The molecule has 1 aromatic heterocycles. The second kappa shape index (κ2) is 8.22. The lowest BCUT2D eigenvalue weighted by Crippen LogP contribution is -2.35. The molecule has 0 saturated carbocycles. The summed E-state index contributed by atoms with van der Waals surface area (Å²) in [7, 11) is 0. The third-order valence-corrected chi connectivity index (χ3v) is 6.11. The maximum Gasteiger partial charge on any atom is 0.283 e. The molecule has 148 valence electrons. The molecule has 1 aromatic carbocycles. The molecule has 2 aromatic rings. The number of rotatable bonds is 5. The summed E-state index contributed by atoms with van der Waals surface area (Å²) in [6, 6.07) is 11.0. The van der Waals surface area contributed by atoms with E-state index in [1.807, 2.05) is 30.3 Å². The molecule has 9 heteroatoms. The van der Waals surface area contributed by atoms with Crippen molar-refractivity contribution >= 4 is 63.2 Å². The molecule has 29 heavy (non-hydrogen) atoms. The quantitative estimate of drug-likeness (QED) is 0.593. The fourth-order valence-electron chi connectivity index (χ4n) is 2.69. The number of carbonyl (C=O) groups is 1. The summed E-state index contributed by atoms with van der Waals surface area (Å²) in [4.78, 5) is 17.5. The van der Waals surface area contributed by atoms with Gasteiger partial charge in [-0.2, -0.15) is 15.1 Å². The first-order valence-corrected chi connectivity index (χ1v) is 10.9. The number of furan rings is 1. The van der Waals surface area contributed by atoms with Crippen molar-refractivity contribution in [2.24, 2.45) is 16.0 Å². The van der Waals surface area contributed by atoms with Crippen molar-refractivity contribution in [3.63, 3.8) is 0 Å². The number of hydrogen-bond acceptors (Lipinski definition) is 6. The number of nitrogens with one attached hydrogen (secondary N) is 1. The molecule has 0 unspecified atom stereocenters. The van der Waals surface area contributed by atoms with Crippen LogP contribution < -0.4 is 0 Å². The number of amidine groups is 2. The molecular weight excluding hydrogens is 428 g/mol. The Morgan fingerprint density at radius 1 is 1.28 bits per heavy atom. The predicted octanol–water partition coefficient (Wildman–Crippen LogP) is 5.75. The lowest BCUT2D eigenvalue weighted by molar-refractivity contribution is -0.114. The van der Waals surface area contributed by atoms with Gasteiger partial charge >= 0.3 is 0 Å². The van der Waals surface area contributed by atoms with E-state index in [1.54, 1.807) is 6.07 Å². The number of hydrogen-bond donors (Lipinski definition) is 1. The average molecular weight is 445 g/mol. The third kappa shape index (κ3) is 4.49. The van der Waals surface area contributed by atoms with Crippen molar-refractivity contribution in [2.75, 3.05) is 0 Å². The van der Waals surface area contributed by atoms with E-state index in [-0.39, 0.29) is 11.4 Å². The summed E-state index contributed by atoms with van der Waals surface area (Å²) in [6.07, 6.45) is 2.32. The topological polar surface area (TPSA) is 82.0 Å². The van der Waals surface area contributed by atoms with Crippen molar-refractivity contribution < 1.29 is 9.21 Å². The summed E-state index contributed by atoms with van der Waals surface area (Å²) in [5.74, 6) is 0.460. The van der Waals surface area contributed by atoms with Crippen LogP contribution in [0.15, 0.2) is 66.5 Å². The number of amides is 1. The Kier molecular flexibility index (Phi) is 5.67. The minimum absolute atomic E-state index is 0.00885. The second-order valence-corrected chi connectivity index (χ2v) is 9.38. The zero-order valence-electron chi connectivity index (χ0n) is 15.7. The number of aliphatic imine (C=N–C) groups is 1. The maximum atomic E-state index is 12.5. The van der Waals surface area contributed by atoms with Crippen molar-refractivity contribution in [1.82, 2.24) is 5.01 Å². The van der Waals surface area contributed by atoms with Gasteiger partial charge in [0.25, 0.3) is 5.91 Å². The monoisotopic (exact) mass is 444 g/mol. The number of carbonyl (C=O) groups excluding carboxylic acids is 1. The lowest BCUT2D eigenvalue weighted by atomic mass is 10.1. The molecule has 0 atom stereocenters. The SMILES string of the molecule is CC(C)CC1=NN2C(=N)/C(=C/c3ccc(Sc4ccc(Cl)cc4)o3)C(=O)N=C2S1. The van der Waals surface area contributed by atoms with Gasteiger partial charge in [-0.05, 0) is 60.2 Å². The van der Waals surface area contributed by atoms with Gasteiger partial charge in [0.1, 0.15) is 10.8 Å². The molecule has 0 bridgehead atoms. The Morgan fingerprint density at radius 2 is 2.03 bits per heavy atom. The van der Waals surface area contributed by atoms with E-state index >= 15 is 0 Å². The highest BCUT2D eigenvalue weighted by Gasteiger charge is 2.35. The minimum atomic E-state index is -0.460. The molecule has 0 aliphatic carbocycles. The van der Waals surface area contributed by atoms with E-state index in [1.165, 1.54) is 34.6 Å². The van der Waals surface area contributed by atoms with E-state index in [2.05, 4.69) is 23.9 Å². The van der Waals surface area contributed by atoms with Crippen LogP contribution in [0.5, 0.6) is 0 Å². The average Bonchev–Trinajstić information content (AvgIpc) is 3.26. The van der Waals surface area contributed by atoms with Crippen LogP contribution in [0.3, 0.4) is 0 Å². The fraction of sp³-hybridized carbons (Fsp3) is 0.200. The van der Waals surface area contributed by atoms with Crippen LogP contribution in [-0.4, -0.2) is 27.0 Å². The molecule has 6 nitrogen and oxygen atoms in total. The van der Waals surface area contributed by atoms with Crippen LogP contribution in [-0.2, 0) is 4.79 Å². The van der Waals surface area contributed by atoms with Crippen LogP contribution in [0.4, 0.5) is 0 Å². The van der Waals surface area contributed by atoms with E-state index < -0.39 is 5.91 Å². The smallest absolute Gasteiger partial charge is 0.283 e. The molecule has 0 fully saturated rings. The van der Waals surface area contributed by atoms with Gasteiger partial charge in [0.15, 0.2) is 10.9 Å². The molecule has 4 rings (SSSR count). The third-order valence-electron chi connectivity index (χ3n) is 4.00. The van der Waals surface area contributed by atoms with Crippen molar-refractivity contribution in [3.05, 3.63) is 52.8 Å². The number of halogens is 1. The van der Waals surface area contributed by atoms with E-state index in [4.69, 9.17) is 21.4 Å². The van der Waals surface area contributed by atoms with Gasteiger partial charge in [-0.25, -0.2) is 0 Å². The maximum absolute atomic E-state index is 12.5. The number of hydrazone groups is 1. The predicted molar refractivity (Wildman–Crippen MR) is 119 cm³/mol. The van der Waals surface area contributed by atoms with Crippen molar-refractivity contribution in [3.8, 4) is 0 Å². The Hall–Kier alpha value is -2.29. The largest absolute Gasteiger partial charge is 0.450 e. The number of thioether (sulfide) groups is 1. The van der Waals surface area contributed by atoms with Gasteiger partial charge in [-0.1, -0.05) is 37.2 Å². The van der Waals surface area contributed by atoms with Gasteiger partial charge in [-0.3, -0.25) is 10.2 Å². The molecule has 1 amide bonds. The second-order valence-electron chi connectivity index (χ2n) is 6.82. The highest BCUT2D eigenvalue weighted by atomic mass is 35.5. The molecule has 3 heterocycles. The number of benzene rings is 1. The zero-order valence-corrected chi connectivity index (χ0v) is 18.1. The Labute approximate surface area is 181 Å². The van der Waals surface area contributed by atoms with E-state index in [9.17, 15) is 4.79 Å². The molecular formula is C20H17ClN4O2S2. The van der Waals surface area contributed by atoms with Gasteiger partial charge in [0.2, 0.25) is 5.17 Å². The van der Waals surface area contributed by atoms with Gasteiger partial charge in [0.05, 0.1) is 5.57 Å². The van der Waals surface area contributed by atoms with E-state index in [0.29, 0.717) is 27.0 Å². The first kappa shape index (κ1) is 20.0. The molecule has 0 saturated heterocycles. The Balaban J connectivity index is 1.53. The summed E-state index contributed by atoms with van der Waals surface area (Å²) >= 11 is 8.70. The summed E-state index contributed by atoms with van der Waals surface area (Å²) in [6.45, 7) is 4.20. The van der Waals surface area contributed by atoms with Crippen LogP contribution in [0.1, 0.15) is 26.0 Å². The lowest BCUT2D eigenvalue weighted by Gasteiger charge is -2.19. The Morgan fingerprint density at radius 3 is 2.76 bits per heavy atom. The molecule has 0 spiro atoms. The molecule has 0 radical (unpaired) electrons. The molecule has 2 aliphatic rings. The summed E-state index contributed by atoms with van der Waals surface area (Å²) in [5.41, 5.74) is 0.154. The van der Waals surface area contributed by atoms with E-state index in [0.717, 1.165) is 16.4 Å². The van der Waals surface area contributed by atoms with Crippen LogP contribution in [0.25, 0.3) is 6.08 Å². The van der Waals surface area contributed by atoms with Crippen molar-refractivity contribution in [1.29, 1.82) is 5.41 Å². The summed E-state index contributed by atoms with van der Waals surface area (Å²) < 4.78 is 5.80. The van der Waals surface area contributed by atoms with Gasteiger partial charge in [-0.15, -0.1) is 0 Å². The van der Waals surface area contributed by atoms with Gasteiger partial charge in [0, 0.05) is 16.3 Å². The molecule has 2 aliphatic heterocycles. The highest BCUT2D eigenvalue weighted by Crippen LogP contribution is 2.33. The number of nitrogens with zero attached hydrogens (tertiary/aromatic N) is 3. The number of fused-ring (bicyclic) bond motifs is 1. The summed E-state index contributed by atoms with van der Waals surface area (Å²) in [5, 5.41) is 16.9. The van der Waals surface area contributed by atoms with Crippen molar-refractivity contribution in [2.45, 2.75) is 30.3 Å². The first-order chi connectivity index (χ1) is 13.9. The highest BCUT2D eigenvalue weighted by molar-refractivity contribution is 8.26. The van der Waals surface area contributed by atoms with Crippen LogP contribution >= 0.6 is 35.1 Å². The normalized spacial score (nSPS) is 17.8. The first-order valence-electron chi connectivity index (χ1n) is 8.91. The fourth-order valence-corrected chi connectivity index (χ4v) is 4.69. The Bertz CT molecular complexity index is 1070. The zero-order chi connectivity index (χ0) is 20.5. The van der Waals surface area contributed by atoms with Gasteiger partial charge < -0.3 is 4.42 Å². The minimum Gasteiger partial charge on any atom is -0.450 e. The van der Waals surface area contributed by atoms with Crippen LogP contribution in [0, 0.1) is 11.3 Å². The standard InChI is InChI=1S/C20H17ClN4O2S2/c1-11(2)9-16-24-25-18(22)15(19(26)23-20(25)29-16)10-13-5-8-17(27-13)28-14-6-3-12(21)4-7-14/h3-8,10-11,22H,9H2,1-2H3/b15-10-,22-18?. The molecule has 1 N–H and O–H groups in total. The van der Waals surface area contributed by atoms with Crippen LogP contribution in [0.2, 0.25) is 5.02 Å².